The summed E-state index contributed by atoms with van der Waals surface area (Å²) in [4.78, 5) is 19.1. The third-order valence-electron chi connectivity index (χ3n) is 5.33. The minimum atomic E-state index is -0.620. The lowest BCUT2D eigenvalue weighted by atomic mass is 9.94. The molecule has 1 N–H and O–H groups in total. The van der Waals surface area contributed by atoms with Gasteiger partial charge < -0.3 is 14.6 Å². The number of halogens is 1. The number of ether oxygens (including phenoxy) is 1. The Kier molecular flexibility index (Phi) is 5.94. The number of allylic oxidation sites excluding steroid dienone is 1. The number of benzene rings is 2. The maximum atomic E-state index is 14.0. The van der Waals surface area contributed by atoms with E-state index in [-0.39, 0.29) is 23.7 Å². The van der Waals surface area contributed by atoms with Gasteiger partial charge in [0.2, 0.25) is 5.82 Å². The van der Waals surface area contributed by atoms with Crippen molar-refractivity contribution in [1.82, 2.24) is 20.4 Å². The molecule has 0 bridgehead atoms. The largest absolute Gasteiger partial charge is 0.497 e. The van der Waals surface area contributed by atoms with Gasteiger partial charge in [-0.15, -0.1) is 0 Å². The zero-order valence-corrected chi connectivity index (χ0v) is 18.4. The van der Waals surface area contributed by atoms with Crippen molar-refractivity contribution in [2.24, 2.45) is 5.92 Å². The van der Waals surface area contributed by atoms with Gasteiger partial charge >= 0.3 is 6.03 Å². The topological polar surface area (TPSA) is 80.5 Å². The third kappa shape index (κ3) is 4.21. The van der Waals surface area contributed by atoms with Crippen molar-refractivity contribution in [2.45, 2.75) is 26.8 Å². The van der Waals surface area contributed by atoms with Gasteiger partial charge in [-0.25, -0.2) is 9.18 Å². The van der Waals surface area contributed by atoms with Crippen molar-refractivity contribution in [3.63, 3.8) is 0 Å². The van der Waals surface area contributed by atoms with E-state index in [9.17, 15) is 9.18 Å². The Hall–Kier alpha value is -3.68. The fraction of sp³-hybridized carbons (Fsp3) is 0.292. The van der Waals surface area contributed by atoms with Gasteiger partial charge in [0.15, 0.2) is 0 Å². The van der Waals surface area contributed by atoms with Crippen molar-refractivity contribution < 1.29 is 18.4 Å². The number of hydrogen-bond donors (Lipinski definition) is 1. The SMILES string of the molecule is COc1ccc(-c2noc(C3=C(C)N(CC(C)C)C(=O)NC3c3cccc(F)c3)n2)cc1. The predicted octanol–water partition coefficient (Wildman–Crippen LogP) is 5.04. The molecule has 0 saturated carbocycles. The van der Waals surface area contributed by atoms with E-state index in [4.69, 9.17) is 9.26 Å². The third-order valence-corrected chi connectivity index (χ3v) is 5.33. The van der Waals surface area contributed by atoms with Crippen LogP contribution in [0.5, 0.6) is 5.75 Å². The first-order chi connectivity index (χ1) is 15.4. The maximum Gasteiger partial charge on any atom is 0.322 e. The van der Waals surface area contributed by atoms with Crippen LogP contribution in [0, 0.1) is 11.7 Å². The van der Waals surface area contributed by atoms with Crippen molar-refractivity contribution in [1.29, 1.82) is 0 Å². The number of rotatable bonds is 6. The van der Waals surface area contributed by atoms with Crippen LogP contribution in [0.3, 0.4) is 0 Å². The number of urea groups is 1. The summed E-state index contributed by atoms with van der Waals surface area (Å²) >= 11 is 0. The van der Waals surface area contributed by atoms with Gasteiger partial charge in [-0.1, -0.05) is 31.1 Å². The lowest BCUT2D eigenvalue weighted by molar-refractivity contribution is 0.199. The molecule has 3 aromatic rings. The molecule has 1 unspecified atom stereocenters. The average molecular weight is 436 g/mol. The first-order valence-electron chi connectivity index (χ1n) is 10.4. The fourth-order valence-electron chi connectivity index (χ4n) is 3.77. The van der Waals surface area contributed by atoms with Crippen LogP contribution >= 0.6 is 0 Å². The number of nitrogens with one attached hydrogen (secondary N) is 1. The molecule has 2 heterocycles. The molecule has 2 aromatic carbocycles. The number of amides is 2. The van der Waals surface area contributed by atoms with Gasteiger partial charge in [0.05, 0.1) is 18.7 Å². The van der Waals surface area contributed by atoms with E-state index in [1.54, 1.807) is 24.1 Å². The fourth-order valence-corrected chi connectivity index (χ4v) is 3.77. The Morgan fingerprint density at radius 2 is 1.97 bits per heavy atom. The second-order valence-corrected chi connectivity index (χ2v) is 8.09. The highest BCUT2D eigenvalue weighted by Crippen LogP contribution is 2.37. The number of carbonyl (C=O) groups excluding carboxylic acids is 1. The van der Waals surface area contributed by atoms with Crippen LogP contribution in [-0.2, 0) is 0 Å². The minimum absolute atomic E-state index is 0.246. The van der Waals surface area contributed by atoms with Crippen LogP contribution in [0.2, 0.25) is 0 Å². The molecule has 1 aromatic heterocycles. The molecule has 1 atom stereocenters. The minimum Gasteiger partial charge on any atom is -0.497 e. The van der Waals surface area contributed by atoms with Crippen LogP contribution in [0.4, 0.5) is 9.18 Å². The van der Waals surface area contributed by atoms with Crippen LogP contribution in [0.15, 0.2) is 58.8 Å². The highest BCUT2D eigenvalue weighted by atomic mass is 19.1. The summed E-state index contributed by atoms with van der Waals surface area (Å²) in [6.07, 6.45) is 0. The van der Waals surface area contributed by atoms with Gasteiger partial charge in [0, 0.05) is 17.8 Å². The first kappa shape index (κ1) is 21.5. The number of methoxy groups -OCH3 is 1. The second kappa shape index (κ2) is 8.82. The van der Waals surface area contributed by atoms with Crippen LogP contribution in [0.25, 0.3) is 17.0 Å². The Bertz CT molecular complexity index is 1150. The summed E-state index contributed by atoms with van der Waals surface area (Å²) in [5.41, 5.74) is 2.70. The normalized spacial score (nSPS) is 16.5. The first-order valence-corrected chi connectivity index (χ1v) is 10.4. The van der Waals surface area contributed by atoms with Gasteiger partial charge in [0.1, 0.15) is 11.6 Å². The summed E-state index contributed by atoms with van der Waals surface area (Å²) in [5.74, 6) is 1.27. The Labute approximate surface area is 185 Å². The van der Waals surface area contributed by atoms with E-state index in [0.717, 1.165) is 11.3 Å². The molecule has 0 aliphatic carbocycles. The average Bonchev–Trinajstić information content (AvgIpc) is 3.26. The predicted molar refractivity (Wildman–Crippen MR) is 118 cm³/mol. The van der Waals surface area contributed by atoms with Crippen LogP contribution in [0.1, 0.15) is 38.3 Å². The summed E-state index contributed by atoms with van der Waals surface area (Å²) in [7, 11) is 1.60. The molecule has 166 valence electrons. The van der Waals surface area contributed by atoms with E-state index in [2.05, 4.69) is 15.5 Å². The van der Waals surface area contributed by atoms with E-state index >= 15 is 0 Å². The summed E-state index contributed by atoms with van der Waals surface area (Å²) in [6.45, 7) is 6.44. The molecule has 0 radical (unpaired) electrons. The van der Waals surface area contributed by atoms with E-state index in [0.29, 0.717) is 29.2 Å². The molecular formula is C24H25FN4O3. The molecule has 8 heteroatoms. The molecule has 1 aliphatic heterocycles. The van der Waals surface area contributed by atoms with Crippen molar-refractivity contribution >= 4 is 11.6 Å². The molecular weight excluding hydrogens is 411 g/mol. The molecule has 1 aliphatic rings. The number of hydrogen-bond acceptors (Lipinski definition) is 5. The van der Waals surface area contributed by atoms with E-state index in [1.807, 2.05) is 45.0 Å². The summed E-state index contributed by atoms with van der Waals surface area (Å²) in [5, 5.41) is 7.11. The lowest BCUT2D eigenvalue weighted by Crippen LogP contribution is -2.47. The second-order valence-electron chi connectivity index (χ2n) is 8.09. The molecule has 4 rings (SSSR count). The van der Waals surface area contributed by atoms with E-state index in [1.165, 1.54) is 12.1 Å². The van der Waals surface area contributed by atoms with Crippen LogP contribution in [-0.4, -0.2) is 34.7 Å². The molecule has 7 nitrogen and oxygen atoms in total. The van der Waals surface area contributed by atoms with Gasteiger partial charge in [-0.05, 0) is 54.8 Å². The molecule has 0 fully saturated rings. The highest BCUT2D eigenvalue weighted by molar-refractivity contribution is 5.86. The number of nitrogens with zero attached hydrogens (tertiary/aromatic N) is 3. The number of carbonyl (C=O) groups is 1. The maximum absolute atomic E-state index is 14.0. The highest BCUT2D eigenvalue weighted by Gasteiger charge is 2.36. The van der Waals surface area contributed by atoms with Crippen LogP contribution < -0.4 is 10.1 Å². The molecule has 2 amide bonds. The Morgan fingerprint density at radius 1 is 1.22 bits per heavy atom. The zero-order valence-electron chi connectivity index (χ0n) is 18.4. The van der Waals surface area contributed by atoms with Crippen molar-refractivity contribution in [2.75, 3.05) is 13.7 Å². The molecule has 0 spiro atoms. The standard InChI is InChI=1S/C24H25FN4O3/c1-14(2)13-29-15(3)20(21(26-24(29)30)17-6-5-7-18(25)12-17)23-27-22(28-32-23)16-8-10-19(31-4)11-9-16/h5-12,14,21H,13H2,1-4H3,(H,26,30). The summed E-state index contributed by atoms with van der Waals surface area (Å²) < 4.78 is 24.8. The lowest BCUT2D eigenvalue weighted by Gasteiger charge is -2.36. The van der Waals surface area contributed by atoms with Crippen molar-refractivity contribution in [3.05, 3.63) is 71.5 Å². The number of aromatic nitrogens is 2. The Morgan fingerprint density at radius 3 is 2.62 bits per heavy atom. The van der Waals surface area contributed by atoms with Gasteiger partial charge in [-0.3, -0.25) is 4.90 Å². The van der Waals surface area contributed by atoms with E-state index < -0.39 is 6.04 Å². The summed E-state index contributed by atoms with van der Waals surface area (Å²) in [6, 6.07) is 12.6. The Balaban J connectivity index is 1.79. The van der Waals surface area contributed by atoms with Gasteiger partial charge in [-0.2, -0.15) is 4.98 Å². The smallest absolute Gasteiger partial charge is 0.322 e. The molecule has 0 saturated heterocycles. The van der Waals surface area contributed by atoms with Crippen molar-refractivity contribution in [3.8, 4) is 17.1 Å². The quantitative estimate of drug-likeness (QED) is 0.586. The molecule has 32 heavy (non-hydrogen) atoms. The monoisotopic (exact) mass is 436 g/mol. The zero-order chi connectivity index (χ0) is 22.8. The van der Waals surface area contributed by atoms with Gasteiger partial charge in [0.25, 0.3) is 5.89 Å².